The van der Waals surface area contributed by atoms with Gasteiger partial charge in [0.2, 0.25) is 0 Å². The number of hydrogen-bond donors (Lipinski definition) is 0. The number of rotatable bonds is 3. The second-order valence-corrected chi connectivity index (χ2v) is 9.28. The number of nitriles is 1. The van der Waals surface area contributed by atoms with E-state index in [1.165, 1.54) is 0 Å². The molecule has 0 spiro atoms. The lowest BCUT2D eigenvalue weighted by atomic mass is 10.0. The Hall–Kier alpha value is -4.21. The number of nitrogens with zero attached hydrogens (tertiary/aromatic N) is 7. The summed E-state index contributed by atoms with van der Waals surface area (Å²) >= 11 is 1.64. The number of amides is 1. The van der Waals surface area contributed by atoms with Crippen LogP contribution in [0, 0.1) is 37.5 Å². The number of terminal acetylenes is 1. The van der Waals surface area contributed by atoms with Gasteiger partial charge in [0.05, 0.1) is 32.9 Å². The molecular weight excluding hydrogens is 446 g/mol. The fourth-order valence-corrected chi connectivity index (χ4v) is 5.21. The first-order valence-corrected chi connectivity index (χ1v) is 11.6. The third kappa shape index (κ3) is 3.76. The van der Waals surface area contributed by atoms with Crippen molar-refractivity contribution in [3.05, 3.63) is 53.1 Å². The van der Waals surface area contributed by atoms with E-state index < -0.39 is 0 Å². The molecule has 34 heavy (non-hydrogen) atoms. The molecule has 5 rings (SSSR count). The molecule has 0 aromatic carbocycles. The normalized spacial score (nSPS) is 13.6. The molecule has 0 bridgehead atoms. The van der Waals surface area contributed by atoms with Gasteiger partial charge in [-0.3, -0.25) is 4.79 Å². The van der Waals surface area contributed by atoms with Crippen molar-refractivity contribution in [2.45, 2.75) is 13.8 Å². The first-order valence-electron chi connectivity index (χ1n) is 10.8. The number of pyridine rings is 2. The largest absolute Gasteiger partial charge is 0.353 e. The highest BCUT2D eigenvalue weighted by atomic mass is 32.1. The molecule has 1 aliphatic heterocycles. The molecule has 0 radical (unpaired) electrons. The van der Waals surface area contributed by atoms with Crippen molar-refractivity contribution in [2.75, 3.05) is 31.1 Å². The van der Waals surface area contributed by atoms with E-state index in [4.69, 9.17) is 11.4 Å². The van der Waals surface area contributed by atoms with Crippen molar-refractivity contribution in [3.8, 4) is 40.0 Å². The molecule has 0 saturated carbocycles. The maximum Gasteiger partial charge on any atom is 0.298 e. The van der Waals surface area contributed by atoms with Crippen LogP contribution in [0.3, 0.4) is 0 Å². The van der Waals surface area contributed by atoms with E-state index in [-0.39, 0.29) is 5.91 Å². The van der Waals surface area contributed by atoms with Crippen molar-refractivity contribution in [2.24, 2.45) is 0 Å². The molecule has 4 aromatic heterocycles. The summed E-state index contributed by atoms with van der Waals surface area (Å²) < 4.78 is 1.76. The Morgan fingerprint density at radius 3 is 2.56 bits per heavy atom. The van der Waals surface area contributed by atoms with Crippen LogP contribution in [0.1, 0.15) is 16.3 Å². The zero-order chi connectivity index (χ0) is 23.8. The molecule has 4 aromatic rings. The van der Waals surface area contributed by atoms with Crippen molar-refractivity contribution in [1.82, 2.24) is 24.5 Å². The van der Waals surface area contributed by atoms with Crippen LogP contribution in [0.2, 0.25) is 0 Å². The monoisotopic (exact) mass is 467 g/mol. The summed E-state index contributed by atoms with van der Waals surface area (Å²) in [4.78, 5) is 25.9. The van der Waals surface area contributed by atoms with E-state index in [2.05, 4.69) is 33.0 Å². The molecule has 0 unspecified atom stereocenters. The Labute approximate surface area is 201 Å². The SMILES string of the molecule is C#CC(=O)N1CCN(c2ccc(-c3cc(-c4sc(C)nc4C)cn4ncc(C#N)c34)cn2)CC1. The summed E-state index contributed by atoms with van der Waals surface area (Å²) in [6.45, 7) is 6.48. The third-order valence-corrected chi connectivity index (χ3v) is 7.09. The summed E-state index contributed by atoms with van der Waals surface area (Å²) in [5.41, 5.74) is 5.01. The van der Waals surface area contributed by atoms with Gasteiger partial charge in [0.15, 0.2) is 0 Å². The minimum absolute atomic E-state index is 0.271. The van der Waals surface area contributed by atoms with Gasteiger partial charge in [-0.1, -0.05) is 0 Å². The number of aryl methyl sites for hydroxylation is 2. The Bertz CT molecular complexity index is 1480. The zero-order valence-electron chi connectivity index (χ0n) is 18.8. The average Bonchev–Trinajstić information content (AvgIpc) is 3.44. The second-order valence-electron chi connectivity index (χ2n) is 8.08. The quantitative estimate of drug-likeness (QED) is 0.430. The van der Waals surface area contributed by atoms with Crippen molar-refractivity contribution < 1.29 is 4.79 Å². The Kier molecular flexibility index (Phi) is 5.48. The summed E-state index contributed by atoms with van der Waals surface area (Å²) in [5, 5.41) is 15.1. The van der Waals surface area contributed by atoms with Crippen LogP contribution in [-0.4, -0.2) is 56.6 Å². The average molecular weight is 468 g/mol. The van der Waals surface area contributed by atoms with Crippen molar-refractivity contribution in [3.63, 3.8) is 0 Å². The minimum atomic E-state index is -0.271. The fourth-order valence-electron chi connectivity index (χ4n) is 4.31. The van der Waals surface area contributed by atoms with Gasteiger partial charge in [0.25, 0.3) is 5.91 Å². The van der Waals surface area contributed by atoms with Gasteiger partial charge >= 0.3 is 0 Å². The smallest absolute Gasteiger partial charge is 0.298 e. The standard InChI is InChI=1S/C25H21N7OS/c1-4-23(33)31-9-7-30(8-10-31)22-6-5-18(13-27-22)21-11-19(25-16(2)29-17(3)34-25)15-32-24(21)20(12-26)14-28-32/h1,5-6,11,13-15H,7-10H2,2-3H3. The number of thiazole rings is 1. The highest BCUT2D eigenvalue weighted by molar-refractivity contribution is 7.15. The van der Waals surface area contributed by atoms with Gasteiger partial charge in [-0.2, -0.15) is 10.4 Å². The van der Waals surface area contributed by atoms with E-state index in [1.54, 1.807) is 26.9 Å². The van der Waals surface area contributed by atoms with E-state index in [1.807, 2.05) is 38.4 Å². The lowest BCUT2D eigenvalue weighted by Gasteiger charge is -2.34. The zero-order valence-corrected chi connectivity index (χ0v) is 19.6. The minimum Gasteiger partial charge on any atom is -0.353 e. The van der Waals surface area contributed by atoms with Crippen LogP contribution in [0.5, 0.6) is 0 Å². The van der Waals surface area contributed by atoms with Gasteiger partial charge in [0.1, 0.15) is 11.9 Å². The van der Waals surface area contributed by atoms with Gasteiger partial charge in [0, 0.05) is 55.3 Å². The molecule has 0 N–H and O–H groups in total. The molecule has 1 amide bonds. The fraction of sp³-hybridized carbons (Fsp3) is 0.240. The summed E-state index contributed by atoms with van der Waals surface area (Å²) in [6.07, 6.45) is 10.6. The van der Waals surface area contributed by atoms with Gasteiger partial charge in [-0.05, 0) is 38.0 Å². The number of carbonyl (C=O) groups is 1. The predicted molar refractivity (Wildman–Crippen MR) is 131 cm³/mol. The molecule has 168 valence electrons. The number of aromatic nitrogens is 4. The van der Waals surface area contributed by atoms with Crippen LogP contribution in [0.25, 0.3) is 27.1 Å². The topological polar surface area (TPSA) is 90.4 Å². The number of fused-ring (bicyclic) bond motifs is 1. The summed E-state index contributed by atoms with van der Waals surface area (Å²) in [7, 11) is 0. The van der Waals surface area contributed by atoms with E-state index in [0.717, 1.165) is 43.6 Å². The maximum atomic E-state index is 11.7. The first kappa shape index (κ1) is 21.6. The Morgan fingerprint density at radius 2 is 1.94 bits per heavy atom. The van der Waals surface area contributed by atoms with E-state index in [0.29, 0.717) is 31.7 Å². The highest BCUT2D eigenvalue weighted by Crippen LogP contribution is 2.35. The third-order valence-electron chi connectivity index (χ3n) is 5.97. The van der Waals surface area contributed by atoms with Crippen LogP contribution < -0.4 is 4.90 Å². The molecule has 1 aliphatic rings. The highest BCUT2D eigenvalue weighted by Gasteiger charge is 2.21. The molecule has 0 atom stereocenters. The number of anilines is 1. The molecular formula is C25H21N7OS. The maximum absolute atomic E-state index is 11.7. The molecule has 0 aliphatic carbocycles. The number of hydrogen-bond acceptors (Lipinski definition) is 7. The Morgan fingerprint density at radius 1 is 1.15 bits per heavy atom. The predicted octanol–water partition coefficient (Wildman–Crippen LogP) is 3.29. The van der Waals surface area contributed by atoms with Gasteiger partial charge in [-0.15, -0.1) is 17.8 Å². The van der Waals surface area contributed by atoms with Gasteiger partial charge in [-0.25, -0.2) is 14.5 Å². The first-order chi connectivity index (χ1) is 16.5. The van der Waals surface area contributed by atoms with Crippen LogP contribution in [0.4, 0.5) is 5.82 Å². The Balaban J connectivity index is 1.51. The molecule has 8 nitrogen and oxygen atoms in total. The van der Waals surface area contributed by atoms with E-state index in [9.17, 15) is 10.1 Å². The second kappa shape index (κ2) is 8.62. The molecule has 9 heteroatoms. The van der Waals surface area contributed by atoms with Crippen molar-refractivity contribution >= 4 is 28.6 Å². The summed E-state index contributed by atoms with van der Waals surface area (Å²) in [5.74, 6) is 2.75. The molecule has 1 fully saturated rings. The lowest BCUT2D eigenvalue weighted by molar-refractivity contribution is -0.125. The number of piperazine rings is 1. The lowest BCUT2D eigenvalue weighted by Crippen LogP contribution is -2.48. The van der Waals surface area contributed by atoms with E-state index >= 15 is 0 Å². The van der Waals surface area contributed by atoms with Gasteiger partial charge < -0.3 is 9.80 Å². The molecule has 1 saturated heterocycles. The number of carbonyl (C=O) groups excluding carboxylic acids is 1. The molecule has 5 heterocycles. The van der Waals surface area contributed by atoms with Crippen LogP contribution >= 0.6 is 11.3 Å². The van der Waals surface area contributed by atoms with Crippen LogP contribution in [-0.2, 0) is 4.79 Å². The summed E-state index contributed by atoms with van der Waals surface area (Å²) in [6, 6.07) is 8.32. The van der Waals surface area contributed by atoms with Crippen LogP contribution in [0.15, 0.2) is 36.8 Å². The van der Waals surface area contributed by atoms with Crippen molar-refractivity contribution in [1.29, 1.82) is 5.26 Å².